The van der Waals surface area contributed by atoms with E-state index in [1.54, 1.807) is 18.2 Å². The normalized spacial score (nSPS) is 15.5. The molecule has 78 valence electrons. The van der Waals surface area contributed by atoms with E-state index in [4.69, 9.17) is 5.11 Å². The monoisotopic (exact) mass is 258 g/mol. The van der Waals surface area contributed by atoms with E-state index in [0.29, 0.717) is 0 Å². The van der Waals surface area contributed by atoms with Crippen molar-refractivity contribution < 1.29 is 5.11 Å². The van der Waals surface area contributed by atoms with Crippen molar-refractivity contribution in [2.24, 2.45) is 0 Å². The summed E-state index contributed by atoms with van der Waals surface area (Å²) in [5, 5.41) is 15.3. The number of benzene rings is 1. The summed E-state index contributed by atoms with van der Waals surface area (Å²) in [6.07, 6.45) is 0. The molecule has 1 fully saturated rings. The van der Waals surface area contributed by atoms with Gasteiger partial charge in [0, 0.05) is 26.2 Å². The zero-order valence-corrected chi connectivity index (χ0v) is 9.55. The molecule has 0 amide bonds. The van der Waals surface area contributed by atoms with Crippen LogP contribution in [0.4, 0.5) is 0 Å². The molecule has 1 aromatic rings. The Morgan fingerprint density at radius 2 is 1.50 bits per heavy atom. The molecule has 0 spiro atoms. The van der Waals surface area contributed by atoms with Crippen LogP contribution >= 0.6 is 15.9 Å². The summed E-state index contributed by atoms with van der Waals surface area (Å²) in [5.41, 5.74) is 0. The molecule has 3 N–H and O–H groups in total. The number of para-hydroxylation sites is 1. The number of phenolic OH excluding ortho intramolecular Hbond substituents is 1. The van der Waals surface area contributed by atoms with E-state index in [-0.39, 0.29) is 5.75 Å². The standard InChI is InChI=1S/C6H5BrO.C4H10N2/c7-5-3-1-2-4-6(5)8;1-2-6-4-3-5-1/h1-4,8H;5-6H,1-4H2. The van der Waals surface area contributed by atoms with Crippen LogP contribution in [-0.2, 0) is 0 Å². The van der Waals surface area contributed by atoms with Crippen molar-refractivity contribution in [3.05, 3.63) is 28.7 Å². The molecule has 3 nitrogen and oxygen atoms in total. The predicted molar refractivity (Wildman–Crippen MR) is 61.5 cm³/mol. The molecule has 0 aromatic heterocycles. The Balaban J connectivity index is 0.000000146. The number of hydrogen-bond donors (Lipinski definition) is 3. The molecular weight excluding hydrogens is 244 g/mol. The summed E-state index contributed by atoms with van der Waals surface area (Å²) in [7, 11) is 0. The van der Waals surface area contributed by atoms with Gasteiger partial charge in [0.2, 0.25) is 0 Å². The number of piperazine rings is 1. The number of aromatic hydroxyl groups is 1. The Kier molecular flexibility index (Phi) is 5.59. The summed E-state index contributed by atoms with van der Waals surface area (Å²) in [6.45, 7) is 4.56. The van der Waals surface area contributed by atoms with Gasteiger partial charge in [-0.15, -0.1) is 0 Å². The lowest BCUT2D eigenvalue weighted by Gasteiger charge is -2.11. The third-order valence-corrected chi connectivity index (χ3v) is 2.48. The number of phenols is 1. The van der Waals surface area contributed by atoms with Gasteiger partial charge in [-0.3, -0.25) is 0 Å². The quantitative estimate of drug-likeness (QED) is 0.658. The number of rotatable bonds is 0. The Morgan fingerprint density at radius 1 is 1.00 bits per heavy atom. The smallest absolute Gasteiger partial charge is 0.129 e. The molecule has 0 radical (unpaired) electrons. The predicted octanol–water partition coefficient (Wildman–Crippen LogP) is 1.33. The molecule has 0 saturated carbocycles. The van der Waals surface area contributed by atoms with Crippen molar-refractivity contribution in [3.63, 3.8) is 0 Å². The van der Waals surface area contributed by atoms with Crippen molar-refractivity contribution >= 4 is 15.9 Å². The molecule has 0 bridgehead atoms. The third kappa shape index (κ3) is 4.60. The molecule has 2 rings (SSSR count). The summed E-state index contributed by atoms with van der Waals surface area (Å²) < 4.78 is 0.736. The molecule has 1 saturated heterocycles. The second kappa shape index (κ2) is 6.81. The first-order valence-electron chi connectivity index (χ1n) is 4.65. The molecule has 0 aliphatic carbocycles. The van der Waals surface area contributed by atoms with Gasteiger partial charge in [0.1, 0.15) is 5.75 Å². The zero-order valence-electron chi connectivity index (χ0n) is 7.96. The maximum absolute atomic E-state index is 8.87. The van der Waals surface area contributed by atoms with Gasteiger partial charge in [-0.1, -0.05) is 12.1 Å². The summed E-state index contributed by atoms with van der Waals surface area (Å²) >= 11 is 3.15. The van der Waals surface area contributed by atoms with E-state index in [2.05, 4.69) is 26.6 Å². The van der Waals surface area contributed by atoms with Crippen molar-refractivity contribution in [2.45, 2.75) is 0 Å². The van der Waals surface area contributed by atoms with Crippen LogP contribution in [0.15, 0.2) is 28.7 Å². The molecule has 1 aliphatic heterocycles. The van der Waals surface area contributed by atoms with Crippen molar-refractivity contribution in [1.82, 2.24) is 10.6 Å². The Labute approximate surface area is 92.7 Å². The highest BCUT2D eigenvalue weighted by atomic mass is 79.9. The minimum Gasteiger partial charge on any atom is -0.507 e. The summed E-state index contributed by atoms with van der Waals surface area (Å²) in [6, 6.07) is 7.04. The fourth-order valence-corrected chi connectivity index (χ4v) is 1.34. The van der Waals surface area contributed by atoms with E-state index < -0.39 is 0 Å². The van der Waals surface area contributed by atoms with E-state index in [1.165, 1.54) is 0 Å². The molecule has 14 heavy (non-hydrogen) atoms. The van der Waals surface area contributed by atoms with Gasteiger partial charge in [0.15, 0.2) is 0 Å². The lowest BCUT2D eigenvalue weighted by Crippen LogP contribution is -2.39. The van der Waals surface area contributed by atoms with Crippen molar-refractivity contribution in [3.8, 4) is 5.75 Å². The molecule has 1 heterocycles. The largest absolute Gasteiger partial charge is 0.507 e. The van der Waals surface area contributed by atoms with Gasteiger partial charge in [0.05, 0.1) is 4.47 Å². The molecule has 0 unspecified atom stereocenters. The second-order valence-corrected chi connectivity index (χ2v) is 3.81. The number of nitrogens with one attached hydrogen (secondary N) is 2. The van der Waals surface area contributed by atoms with Crippen LogP contribution in [0.25, 0.3) is 0 Å². The fourth-order valence-electron chi connectivity index (χ4n) is 1.06. The Bertz CT molecular complexity index is 232. The number of hydrogen-bond acceptors (Lipinski definition) is 3. The zero-order chi connectivity index (χ0) is 10.2. The lowest BCUT2D eigenvalue weighted by atomic mass is 10.3. The molecule has 1 aliphatic rings. The first-order chi connectivity index (χ1) is 6.80. The van der Waals surface area contributed by atoms with Gasteiger partial charge in [0.25, 0.3) is 0 Å². The SMILES string of the molecule is C1CNCCN1.Oc1ccccc1Br. The molecular formula is C10H15BrN2O. The Hall–Kier alpha value is -0.580. The highest BCUT2D eigenvalue weighted by molar-refractivity contribution is 9.10. The van der Waals surface area contributed by atoms with Crippen LogP contribution in [-0.4, -0.2) is 31.3 Å². The van der Waals surface area contributed by atoms with Crippen LogP contribution in [0.1, 0.15) is 0 Å². The average molecular weight is 259 g/mol. The molecule has 1 aromatic carbocycles. The minimum atomic E-state index is 0.285. The molecule has 4 heteroatoms. The lowest BCUT2D eigenvalue weighted by molar-refractivity contribution is 0.472. The summed E-state index contributed by atoms with van der Waals surface area (Å²) in [4.78, 5) is 0. The fraction of sp³-hybridized carbons (Fsp3) is 0.400. The highest BCUT2D eigenvalue weighted by Crippen LogP contribution is 2.21. The van der Waals surface area contributed by atoms with Crippen LogP contribution in [0.2, 0.25) is 0 Å². The van der Waals surface area contributed by atoms with Crippen LogP contribution < -0.4 is 10.6 Å². The highest BCUT2D eigenvalue weighted by Gasteiger charge is 1.91. The van der Waals surface area contributed by atoms with Crippen LogP contribution in [0.3, 0.4) is 0 Å². The second-order valence-electron chi connectivity index (χ2n) is 2.95. The maximum Gasteiger partial charge on any atom is 0.129 e. The van der Waals surface area contributed by atoms with E-state index in [9.17, 15) is 0 Å². The van der Waals surface area contributed by atoms with Crippen LogP contribution in [0, 0.1) is 0 Å². The maximum atomic E-state index is 8.87. The van der Waals surface area contributed by atoms with Crippen molar-refractivity contribution in [2.75, 3.05) is 26.2 Å². The van der Waals surface area contributed by atoms with Crippen LogP contribution in [0.5, 0.6) is 5.75 Å². The Morgan fingerprint density at radius 3 is 1.79 bits per heavy atom. The molecule has 0 atom stereocenters. The third-order valence-electron chi connectivity index (χ3n) is 1.81. The van der Waals surface area contributed by atoms with E-state index in [0.717, 1.165) is 30.7 Å². The van der Waals surface area contributed by atoms with Gasteiger partial charge in [-0.05, 0) is 28.1 Å². The van der Waals surface area contributed by atoms with Gasteiger partial charge >= 0.3 is 0 Å². The van der Waals surface area contributed by atoms with Crippen molar-refractivity contribution in [1.29, 1.82) is 0 Å². The van der Waals surface area contributed by atoms with Gasteiger partial charge in [-0.2, -0.15) is 0 Å². The minimum absolute atomic E-state index is 0.285. The first kappa shape index (κ1) is 11.5. The van der Waals surface area contributed by atoms with E-state index >= 15 is 0 Å². The van der Waals surface area contributed by atoms with E-state index in [1.807, 2.05) is 6.07 Å². The average Bonchev–Trinajstić information content (AvgIpc) is 2.26. The topological polar surface area (TPSA) is 44.3 Å². The van der Waals surface area contributed by atoms with Gasteiger partial charge in [-0.25, -0.2) is 0 Å². The summed E-state index contributed by atoms with van der Waals surface area (Å²) in [5.74, 6) is 0.285. The van der Waals surface area contributed by atoms with Gasteiger partial charge < -0.3 is 15.7 Å². The number of halogens is 1. The first-order valence-corrected chi connectivity index (χ1v) is 5.45.